The number of carbonyl (C=O) groups is 1. The van der Waals surface area contributed by atoms with Gasteiger partial charge in [-0.05, 0) is 11.8 Å². The van der Waals surface area contributed by atoms with Crippen molar-refractivity contribution in [3.05, 3.63) is 0 Å². The molecule has 0 amide bonds. The number of nitrogens with zero attached hydrogens (tertiary/aromatic N) is 1. The standard InChI is InChI=1S/C8H15NOS2.Ca.2H/c1-8(2,3)6(10)12-7(11)9(4)5;;;/h1-5H3;;;/q;+2;2*-1. The first-order valence-corrected chi connectivity index (χ1v) is 4.91. The second-order valence-corrected chi connectivity index (χ2v) is 5.41. The van der Waals surface area contributed by atoms with Gasteiger partial charge in [-0.25, -0.2) is 0 Å². The van der Waals surface area contributed by atoms with Crippen molar-refractivity contribution in [3.63, 3.8) is 0 Å². The molecule has 5 heteroatoms. The fourth-order valence-corrected chi connectivity index (χ4v) is 1.20. The van der Waals surface area contributed by atoms with E-state index in [0.29, 0.717) is 4.32 Å². The van der Waals surface area contributed by atoms with Gasteiger partial charge in [0.15, 0.2) is 0 Å². The monoisotopic (exact) mass is 247 g/mol. The summed E-state index contributed by atoms with van der Waals surface area (Å²) in [5, 5.41) is 0.112. The van der Waals surface area contributed by atoms with Gasteiger partial charge in [0.25, 0.3) is 0 Å². The smallest absolute Gasteiger partial charge is 1.00 e. The maximum atomic E-state index is 11.4. The molecule has 0 heterocycles. The summed E-state index contributed by atoms with van der Waals surface area (Å²) in [5.41, 5.74) is -0.315. The first-order chi connectivity index (χ1) is 5.25. The van der Waals surface area contributed by atoms with Gasteiger partial charge in [-0.3, -0.25) is 4.79 Å². The van der Waals surface area contributed by atoms with Crippen molar-refractivity contribution in [2.75, 3.05) is 14.1 Å². The molecule has 0 fully saturated rings. The minimum atomic E-state index is -0.315. The van der Waals surface area contributed by atoms with E-state index in [2.05, 4.69) is 0 Å². The SMILES string of the molecule is CN(C)C(=S)SC(=O)C(C)(C)C.[Ca+2].[H-].[H-]. The molecule has 0 bridgehead atoms. The number of thiocarbonyl (C=S) groups is 1. The molecule has 0 unspecified atom stereocenters. The maximum absolute atomic E-state index is 11.4. The van der Waals surface area contributed by atoms with Gasteiger partial charge in [-0.15, -0.1) is 0 Å². The summed E-state index contributed by atoms with van der Waals surface area (Å²) in [6, 6.07) is 0. The zero-order valence-electron chi connectivity index (χ0n) is 10.9. The summed E-state index contributed by atoms with van der Waals surface area (Å²) in [6.07, 6.45) is 0. The van der Waals surface area contributed by atoms with Gasteiger partial charge >= 0.3 is 37.7 Å². The van der Waals surface area contributed by atoms with Crippen molar-refractivity contribution in [1.82, 2.24) is 4.90 Å². The first kappa shape index (κ1) is 16.6. The average molecular weight is 247 g/mol. The van der Waals surface area contributed by atoms with Crippen LogP contribution in [0.15, 0.2) is 0 Å². The molecular weight excluding hydrogens is 230 g/mol. The Bertz CT molecular complexity index is 207. The van der Waals surface area contributed by atoms with Gasteiger partial charge < -0.3 is 7.75 Å². The number of hydrogen-bond acceptors (Lipinski definition) is 3. The Hall–Kier alpha value is 1.17. The van der Waals surface area contributed by atoms with E-state index in [1.54, 1.807) is 4.90 Å². The van der Waals surface area contributed by atoms with Crippen molar-refractivity contribution in [2.24, 2.45) is 5.41 Å². The van der Waals surface area contributed by atoms with Crippen LogP contribution in [0.5, 0.6) is 0 Å². The van der Waals surface area contributed by atoms with Crippen LogP contribution < -0.4 is 0 Å². The van der Waals surface area contributed by atoms with Crippen molar-refractivity contribution >= 4 is 71.2 Å². The summed E-state index contributed by atoms with van der Waals surface area (Å²) < 4.78 is 0.620. The Morgan fingerprint density at radius 2 is 1.77 bits per heavy atom. The summed E-state index contributed by atoms with van der Waals surface area (Å²) >= 11 is 6.12. The molecule has 2 nitrogen and oxygen atoms in total. The number of thioether (sulfide) groups is 1. The average Bonchev–Trinajstić information content (AvgIpc) is 1.85. The molecular formula is C8H17CaNOS2. The molecule has 0 aromatic heterocycles. The van der Waals surface area contributed by atoms with Crippen LogP contribution in [0.25, 0.3) is 0 Å². The maximum Gasteiger partial charge on any atom is 2.00 e. The molecule has 0 atom stereocenters. The molecule has 0 saturated heterocycles. The number of hydrogen-bond donors (Lipinski definition) is 0. The van der Waals surface area contributed by atoms with Crippen LogP contribution in [0.3, 0.4) is 0 Å². The predicted molar refractivity (Wildman–Crippen MR) is 66.3 cm³/mol. The van der Waals surface area contributed by atoms with Crippen LogP contribution >= 0.6 is 24.0 Å². The molecule has 0 rings (SSSR count). The third-order valence-electron chi connectivity index (χ3n) is 1.16. The summed E-state index contributed by atoms with van der Waals surface area (Å²) in [5.74, 6) is 0. The minimum Gasteiger partial charge on any atom is -1.00 e. The molecule has 0 aromatic rings. The number of rotatable bonds is 0. The zero-order valence-corrected chi connectivity index (χ0v) is 12.7. The molecule has 13 heavy (non-hydrogen) atoms. The van der Waals surface area contributed by atoms with Crippen molar-refractivity contribution < 1.29 is 7.65 Å². The molecule has 0 aromatic carbocycles. The van der Waals surface area contributed by atoms with Crippen LogP contribution in [0.1, 0.15) is 23.6 Å². The van der Waals surface area contributed by atoms with E-state index in [-0.39, 0.29) is 51.1 Å². The quantitative estimate of drug-likeness (QED) is 0.482. The van der Waals surface area contributed by atoms with E-state index in [0.717, 1.165) is 11.8 Å². The molecule has 0 saturated carbocycles. The summed E-state index contributed by atoms with van der Waals surface area (Å²) in [4.78, 5) is 13.2. The third kappa shape index (κ3) is 7.14. The second kappa shape index (κ2) is 6.62. The van der Waals surface area contributed by atoms with Crippen LogP contribution in [0, 0.1) is 5.41 Å². The topological polar surface area (TPSA) is 20.3 Å². The van der Waals surface area contributed by atoms with E-state index in [9.17, 15) is 4.79 Å². The van der Waals surface area contributed by atoms with Crippen LogP contribution in [0.2, 0.25) is 0 Å². The molecule has 0 aliphatic heterocycles. The van der Waals surface area contributed by atoms with E-state index in [1.165, 1.54) is 0 Å². The molecule has 0 radical (unpaired) electrons. The fourth-order valence-electron chi connectivity index (χ4n) is 0.324. The second-order valence-electron chi connectivity index (χ2n) is 3.80. The Morgan fingerprint density at radius 3 is 2.00 bits per heavy atom. The molecule has 0 aliphatic rings. The van der Waals surface area contributed by atoms with Crippen LogP contribution in [-0.4, -0.2) is 66.2 Å². The largest absolute Gasteiger partial charge is 2.00 e. The third-order valence-corrected chi connectivity index (χ3v) is 3.11. The first-order valence-electron chi connectivity index (χ1n) is 3.68. The van der Waals surface area contributed by atoms with Crippen molar-refractivity contribution in [2.45, 2.75) is 20.8 Å². The van der Waals surface area contributed by atoms with Gasteiger partial charge in [0, 0.05) is 19.5 Å². The summed E-state index contributed by atoms with van der Waals surface area (Å²) in [6.45, 7) is 5.67. The van der Waals surface area contributed by atoms with E-state index in [4.69, 9.17) is 12.2 Å². The van der Waals surface area contributed by atoms with Gasteiger partial charge in [-0.2, -0.15) is 0 Å². The van der Waals surface area contributed by atoms with Crippen molar-refractivity contribution in [3.8, 4) is 0 Å². The predicted octanol–water partition coefficient (Wildman–Crippen LogP) is 1.98. The Labute approximate surface area is 123 Å². The Morgan fingerprint density at radius 1 is 1.38 bits per heavy atom. The molecule has 0 aliphatic carbocycles. The Kier molecular flexibility index (Phi) is 8.45. The fraction of sp³-hybridized carbons (Fsp3) is 0.750. The number of carbonyl (C=O) groups excluding carboxylic acids is 1. The van der Waals surface area contributed by atoms with Gasteiger partial charge in [-0.1, -0.05) is 33.0 Å². The normalized spacial score (nSPS) is 10.2. The zero-order chi connectivity index (χ0) is 9.94. The van der Waals surface area contributed by atoms with Crippen LogP contribution in [-0.2, 0) is 4.79 Å². The van der Waals surface area contributed by atoms with E-state index >= 15 is 0 Å². The Balaban J connectivity index is -0.000000202. The van der Waals surface area contributed by atoms with Crippen molar-refractivity contribution in [1.29, 1.82) is 0 Å². The van der Waals surface area contributed by atoms with E-state index < -0.39 is 0 Å². The molecule has 74 valence electrons. The molecule has 0 N–H and O–H groups in total. The minimum absolute atomic E-state index is 0. The summed E-state index contributed by atoms with van der Waals surface area (Å²) in [7, 11) is 3.68. The molecule has 0 spiro atoms. The van der Waals surface area contributed by atoms with Gasteiger partial charge in [0.1, 0.15) is 4.32 Å². The van der Waals surface area contributed by atoms with Gasteiger partial charge in [0.05, 0.1) is 0 Å². The van der Waals surface area contributed by atoms with Crippen LogP contribution in [0.4, 0.5) is 0 Å². The van der Waals surface area contributed by atoms with E-state index in [1.807, 2.05) is 34.9 Å². The van der Waals surface area contributed by atoms with Gasteiger partial charge in [0.2, 0.25) is 5.12 Å².